The van der Waals surface area contributed by atoms with E-state index in [0.29, 0.717) is 19.6 Å². The third-order valence-electron chi connectivity index (χ3n) is 3.68. The summed E-state index contributed by atoms with van der Waals surface area (Å²) >= 11 is 0. The third kappa shape index (κ3) is 5.42. The van der Waals surface area contributed by atoms with Crippen LogP contribution >= 0.6 is 0 Å². The standard InChI is InChI=1S/C19H24N2O2/c1-15-7-6-10-17(13-15)23-12-11-21(2)19(22)18(20)14-16-8-4-3-5-9-16/h3-10,13,18H,11-12,14,20H2,1-2H3. The second-order valence-electron chi connectivity index (χ2n) is 5.72. The number of likely N-dealkylation sites (N-methyl/N-ethyl adjacent to an activating group) is 1. The smallest absolute Gasteiger partial charge is 0.239 e. The first-order valence-electron chi connectivity index (χ1n) is 7.80. The molecule has 122 valence electrons. The Morgan fingerprint density at radius 1 is 1.17 bits per heavy atom. The van der Waals surface area contributed by atoms with Crippen LogP contribution in [0.2, 0.25) is 0 Å². The highest BCUT2D eigenvalue weighted by Crippen LogP contribution is 2.12. The number of hydrogen-bond acceptors (Lipinski definition) is 3. The predicted octanol–water partition coefficient (Wildman–Crippen LogP) is 2.40. The molecule has 0 spiro atoms. The topological polar surface area (TPSA) is 55.6 Å². The summed E-state index contributed by atoms with van der Waals surface area (Å²) < 4.78 is 5.67. The molecule has 0 radical (unpaired) electrons. The van der Waals surface area contributed by atoms with E-state index in [1.54, 1.807) is 11.9 Å². The van der Waals surface area contributed by atoms with Gasteiger partial charge in [0.2, 0.25) is 5.91 Å². The van der Waals surface area contributed by atoms with Crippen LogP contribution in [-0.4, -0.2) is 37.0 Å². The number of benzene rings is 2. The van der Waals surface area contributed by atoms with Crippen LogP contribution in [-0.2, 0) is 11.2 Å². The molecule has 0 heterocycles. The quantitative estimate of drug-likeness (QED) is 0.854. The van der Waals surface area contributed by atoms with Gasteiger partial charge in [-0.15, -0.1) is 0 Å². The van der Waals surface area contributed by atoms with Crippen LogP contribution in [0.4, 0.5) is 0 Å². The third-order valence-corrected chi connectivity index (χ3v) is 3.68. The number of amides is 1. The molecule has 0 saturated carbocycles. The van der Waals surface area contributed by atoms with Gasteiger partial charge in [-0.1, -0.05) is 42.5 Å². The van der Waals surface area contributed by atoms with Gasteiger partial charge in [0.05, 0.1) is 12.6 Å². The zero-order chi connectivity index (χ0) is 16.7. The lowest BCUT2D eigenvalue weighted by molar-refractivity contribution is -0.131. The fraction of sp³-hybridized carbons (Fsp3) is 0.316. The molecule has 4 heteroatoms. The summed E-state index contributed by atoms with van der Waals surface area (Å²) in [5, 5.41) is 0. The van der Waals surface area contributed by atoms with E-state index in [0.717, 1.165) is 16.9 Å². The number of hydrogen-bond donors (Lipinski definition) is 1. The van der Waals surface area contributed by atoms with Crippen molar-refractivity contribution >= 4 is 5.91 Å². The SMILES string of the molecule is Cc1cccc(OCCN(C)C(=O)C(N)Cc2ccccc2)c1. The predicted molar refractivity (Wildman–Crippen MR) is 92.4 cm³/mol. The largest absolute Gasteiger partial charge is 0.492 e. The van der Waals surface area contributed by atoms with Crippen LogP contribution in [0.3, 0.4) is 0 Å². The first-order valence-corrected chi connectivity index (χ1v) is 7.80. The van der Waals surface area contributed by atoms with Gasteiger partial charge in [0, 0.05) is 7.05 Å². The molecule has 1 unspecified atom stereocenters. The molecule has 2 aromatic rings. The highest BCUT2D eigenvalue weighted by atomic mass is 16.5. The molecule has 0 aliphatic heterocycles. The van der Waals surface area contributed by atoms with Crippen LogP contribution in [0.1, 0.15) is 11.1 Å². The van der Waals surface area contributed by atoms with Crippen molar-refractivity contribution in [2.24, 2.45) is 5.73 Å². The maximum Gasteiger partial charge on any atom is 0.239 e. The van der Waals surface area contributed by atoms with Crippen LogP contribution in [0, 0.1) is 6.92 Å². The number of nitrogens with zero attached hydrogens (tertiary/aromatic N) is 1. The molecule has 0 fully saturated rings. The van der Waals surface area contributed by atoms with Gasteiger partial charge in [-0.3, -0.25) is 4.79 Å². The van der Waals surface area contributed by atoms with Crippen molar-refractivity contribution < 1.29 is 9.53 Å². The van der Waals surface area contributed by atoms with E-state index in [9.17, 15) is 4.79 Å². The van der Waals surface area contributed by atoms with E-state index in [1.807, 2.05) is 61.5 Å². The minimum absolute atomic E-state index is 0.0679. The van der Waals surface area contributed by atoms with Gasteiger partial charge in [-0.2, -0.15) is 0 Å². The van der Waals surface area contributed by atoms with E-state index in [-0.39, 0.29) is 5.91 Å². The molecule has 2 aromatic carbocycles. The fourth-order valence-corrected chi connectivity index (χ4v) is 2.35. The summed E-state index contributed by atoms with van der Waals surface area (Å²) in [6.07, 6.45) is 0.544. The normalized spacial score (nSPS) is 11.8. The Hall–Kier alpha value is -2.33. The fourth-order valence-electron chi connectivity index (χ4n) is 2.35. The second-order valence-corrected chi connectivity index (χ2v) is 5.72. The summed E-state index contributed by atoms with van der Waals surface area (Å²) in [4.78, 5) is 13.9. The molecule has 2 N–H and O–H groups in total. The van der Waals surface area contributed by atoms with Crippen LogP contribution < -0.4 is 10.5 Å². The highest BCUT2D eigenvalue weighted by molar-refractivity contribution is 5.81. The van der Waals surface area contributed by atoms with Crippen LogP contribution in [0.5, 0.6) is 5.75 Å². The molecule has 0 aromatic heterocycles. The lowest BCUT2D eigenvalue weighted by Crippen LogP contribution is -2.44. The number of rotatable bonds is 7. The van der Waals surface area contributed by atoms with Crippen molar-refractivity contribution in [1.29, 1.82) is 0 Å². The van der Waals surface area contributed by atoms with E-state index in [2.05, 4.69) is 0 Å². The Kier molecular flexibility index (Phi) is 6.18. The Morgan fingerprint density at radius 3 is 2.61 bits per heavy atom. The van der Waals surface area contributed by atoms with Gasteiger partial charge in [0.1, 0.15) is 12.4 Å². The molecular weight excluding hydrogens is 288 g/mol. The first-order chi connectivity index (χ1) is 11.1. The molecular formula is C19H24N2O2. The van der Waals surface area contributed by atoms with Crippen molar-refractivity contribution in [2.75, 3.05) is 20.2 Å². The molecule has 0 aliphatic rings. The summed E-state index contributed by atoms with van der Waals surface area (Å²) in [6, 6.07) is 17.1. The highest BCUT2D eigenvalue weighted by Gasteiger charge is 2.18. The van der Waals surface area contributed by atoms with Gasteiger partial charge >= 0.3 is 0 Å². The van der Waals surface area contributed by atoms with E-state index in [1.165, 1.54) is 0 Å². The van der Waals surface area contributed by atoms with Crippen molar-refractivity contribution in [3.63, 3.8) is 0 Å². The molecule has 4 nitrogen and oxygen atoms in total. The molecule has 1 atom stereocenters. The lowest BCUT2D eigenvalue weighted by atomic mass is 10.1. The van der Waals surface area contributed by atoms with Crippen molar-refractivity contribution in [3.8, 4) is 5.75 Å². The monoisotopic (exact) mass is 312 g/mol. The Morgan fingerprint density at radius 2 is 1.91 bits per heavy atom. The lowest BCUT2D eigenvalue weighted by Gasteiger charge is -2.21. The van der Waals surface area contributed by atoms with Gasteiger partial charge in [0.25, 0.3) is 0 Å². The first kappa shape index (κ1) is 17.0. The van der Waals surface area contributed by atoms with Crippen molar-refractivity contribution in [3.05, 3.63) is 65.7 Å². The molecule has 0 saturated heterocycles. The summed E-state index contributed by atoms with van der Waals surface area (Å²) in [6.45, 7) is 2.98. The summed E-state index contributed by atoms with van der Waals surface area (Å²) in [5.74, 6) is 0.751. The minimum Gasteiger partial charge on any atom is -0.492 e. The minimum atomic E-state index is -0.527. The maximum absolute atomic E-state index is 12.3. The number of aryl methyl sites for hydroxylation is 1. The van der Waals surface area contributed by atoms with E-state index >= 15 is 0 Å². The Labute approximate surface area is 137 Å². The average Bonchev–Trinajstić information content (AvgIpc) is 2.55. The zero-order valence-corrected chi connectivity index (χ0v) is 13.7. The Balaban J connectivity index is 1.78. The van der Waals surface area contributed by atoms with Crippen LogP contribution in [0.25, 0.3) is 0 Å². The van der Waals surface area contributed by atoms with E-state index < -0.39 is 6.04 Å². The average molecular weight is 312 g/mol. The molecule has 0 aliphatic carbocycles. The molecule has 0 bridgehead atoms. The molecule has 1 amide bonds. The zero-order valence-electron chi connectivity index (χ0n) is 13.7. The van der Waals surface area contributed by atoms with Crippen molar-refractivity contribution in [1.82, 2.24) is 4.90 Å². The number of ether oxygens (including phenoxy) is 1. The van der Waals surface area contributed by atoms with Gasteiger partial charge in [-0.05, 0) is 36.6 Å². The Bertz CT molecular complexity index is 628. The van der Waals surface area contributed by atoms with Gasteiger partial charge in [-0.25, -0.2) is 0 Å². The number of nitrogens with two attached hydrogens (primary N) is 1. The number of carbonyl (C=O) groups is 1. The summed E-state index contributed by atoms with van der Waals surface area (Å²) in [5.41, 5.74) is 8.24. The van der Waals surface area contributed by atoms with Crippen LogP contribution in [0.15, 0.2) is 54.6 Å². The molecule has 2 rings (SSSR count). The maximum atomic E-state index is 12.3. The van der Waals surface area contributed by atoms with Gasteiger partial charge in [0.15, 0.2) is 0 Å². The summed E-state index contributed by atoms with van der Waals surface area (Å²) in [7, 11) is 1.76. The molecule has 23 heavy (non-hydrogen) atoms. The second kappa shape index (κ2) is 8.34. The number of carbonyl (C=O) groups excluding carboxylic acids is 1. The van der Waals surface area contributed by atoms with Crippen molar-refractivity contribution in [2.45, 2.75) is 19.4 Å². The van der Waals surface area contributed by atoms with Gasteiger partial charge < -0.3 is 15.4 Å². The van der Waals surface area contributed by atoms with E-state index in [4.69, 9.17) is 10.5 Å².